The lowest BCUT2D eigenvalue weighted by molar-refractivity contribution is 0.136. The number of hydrogen-bond donors (Lipinski definition) is 0. The van der Waals surface area contributed by atoms with Crippen LogP contribution in [0.3, 0.4) is 0 Å². The van der Waals surface area contributed by atoms with Crippen molar-refractivity contribution < 1.29 is 4.52 Å². The van der Waals surface area contributed by atoms with Crippen molar-refractivity contribution in [2.24, 2.45) is 0 Å². The minimum absolute atomic E-state index is 0.189. The molecule has 1 fully saturated rings. The maximum Gasteiger partial charge on any atom is 0.243 e. The molecule has 5 nitrogen and oxygen atoms in total. The van der Waals surface area contributed by atoms with E-state index in [1.807, 2.05) is 11.3 Å². The highest BCUT2D eigenvalue weighted by molar-refractivity contribution is 7.18. The first-order valence-corrected chi connectivity index (χ1v) is 10.5. The van der Waals surface area contributed by atoms with Crippen LogP contribution in [0.4, 0.5) is 0 Å². The molecule has 4 rings (SSSR count). The molecule has 6 heteroatoms. The standard InChI is InChI=1S/C20H26N4OS/c1-3-4-9-18-22-19(25-23-18)14(2)24-12-10-15(11-13-24)20-21-16-7-5-6-8-17(16)26-20/h5-8,14-15H,3-4,9-13H2,1-2H3/t14-/m0/s1. The Bertz CT molecular complexity index is 817. The maximum atomic E-state index is 5.52. The molecule has 2 aromatic heterocycles. The summed E-state index contributed by atoms with van der Waals surface area (Å²) in [5.74, 6) is 2.17. The van der Waals surface area contributed by atoms with Gasteiger partial charge in [0.1, 0.15) is 0 Å². The number of likely N-dealkylation sites (tertiary alicyclic amines) is 1. The molecule has 0 amide bonds. The number of rotatable bonds is 6. The average molecular weight is 371 g/mol. The number of unbranched alkanes of at least 4 members (excludes halogenated alkanes) is 1. The first kappa shape index (κ1) is 17.6. The Morgan fingerprint density at radius 2 is 2.04 bits per heavy atom. The quantitative estimate of drug-likeness (QED) is 0.614. The van der Waals surface area contributed by atoms with Gasteiger partial charge in [-0.05, 0) is 51.4 Å². The van der Waals surface area contributed by atoms with Crippen LogP contribution in [0.25, 0.3) is 10.2 Å². The lowest BCUT2D eigenvalue weighted by Crippen LogP contribution is -2.35. The normalized spacial score (nSPS) is 17.8. The largest absolute Gasteiger partial charge is 0.338 e. The number of piperidine rings is 1. The summed E-state index contributed by atoms with van der Waals surface area (Å²) in [6, 6.07) is 8.62. The molecule has 1 saturated heterocycles. The highest BCUT2D eigenvalue weighted by Gasteiger charge is 2.28. The van der Waals surface area contributed by atoms with Crippen LogP contribution in [0.2, 0.25) is 0 Å². The number of benzene rings is 1. The number of thiazole rings is 1. The molecule has 0 aliphatic carbocycles. The zero-order valence-electron chi connectivity index (χ0n) is 15.5. The van der Waals surface area contributed by atoms with E-state index in [2.05, 4.69) is 53.2 Å². The van der Waals surface area contributed by atoms with Crippen LogP contribution in [0.15, 0.2) is 28.8 Å². The summed E-state index contributed by atoms with van der Waals surface area (Å²) in [5, 5.41) is 5.43. The Labute approximate surface area is 158 Å². The summed E-state index contributed by atoms with van der Waals surface area (Å²) < 4.78 is 6.81. The predicted molar refractivity (Wildman–Crippen MR) is 104 cm³/mol. The number of para-hydroxylation sites is 1. The summed E-state index contributed by atoms with van der Waals surface area (Å²) in [6.45, 7) is 6.46. The van der Waals surface area contributed by atoms with E-state index in [-0.39, 0.29) is 6.04 Å². The monoisotopic (exact) mass is 370 g/mol. The van der Waals surface area contributed by atoms with Crippen molar-refractivity contribution in [2.75, 3.05) is 13.1 Å². The Kier molecular flexibility index (Phi) is 5.31. The summed E-state index contributed by atoms with van der Waals surface area (Å²) in [4.78, 5) is 11.9. The molecule has 3 aromatic rings. The van der Waals surface area contributed by atoms with Crippen molar-refractivity contribution in [3.63, 3.8) is 0 Å². The van der Waals surface area contributed by atoms with Gasteiger partial charge in [-0.25, -0.2) is 4.98 Å². The van der Waals surface area contributed by atoms with E-state index in [4.69, 9.17) is 9.51 Å². The van der Waals surface area contributed by atoms with Crippen LogP contribution < -0.4 is 0 Å². The van der Waals surface area contributed by atoms with Gasteiger partial charge in [0.25, 0.3) is 0 Å². The van der Waals surface area contributed by atoms with Gasteiger partial charge in [-0.1, -0.05) is 30.6 Å². The Morgan fingerprint density at radius 1 is 1.23 bits per heavy atom. The van der Waals surface area contributed by atoms with Crippen molar-refractivity contribution >= 4 is 21.6 Å². The Balaban J connectivity index is 1.37. The van der Waals surface area contributed by atoms with Gasteiger partial charge in [-0.15, -0.1) is 11.3 Å². The third-order valence-corrected chi connectivity index (χ3v) is 6.53. The summed E-state index contributed by atoms with van der Waals surface area (Å²) in [5.41, 5.74) is 1.13. The molecule has 0 saturated carbocycles. The number of aryl methyl sites for hydroxylation is 1. The molecule has 1 aromatic carbocycles. The van der Waals surface area contributed by atoms with Crippen LogP contribution in [-0.4, -0.2) is 33.1 Å². The van der Waals surface area contributed by atoms with Gasteiger partial charge in [0.05, 0.1) is 21.3 Å². The third kappa shape index (κ3) is 3.67. The zero-order chi connectivity index (χ0) is 17.9. The van der Waals surface area contributed by atoms with Gasteiger partial charge in [0.15, 0.2) is 5.82 Å². The van der Waals surface area contributed by atoms with Crippen LogP contribution >= 0.6 is 11.3 Å². The molecule has 3 heterocycles. The van der Waals surface area contributed by atoms with Gasteiger partial charge in [-0.3, -0.25) is 4.90 Å². The lowest BCUT2D eigenvalue weighted by Gasteiger charge is -2.33. The number of fused-ring (bicyclic) bond motifs is 1. The van der Waals surface area contributed by atoms with E-state index in [0.29, 0.717) is 5.92 Å². The van der Waals surface area contributed by atoms with Crippen molar-refractivity contribution in [3.8, 4) is 0 Å². The SMILES string of the molecule is CCCCc1noc([C@H](C)N2CCC(c3nc4ccccc4s3)CC2)n1. The molecule has 1 aliphatic rings. The topological polar surface area (TPSA) is 55.1 Å². The highest BCUT2D eigenvalue weighted by Crippen LogP contribution is 2.35. The second-order valence-corrected chi connectivity index (χ2v) is 8.22. The molecule has 1 atom stereocenters. The molecule has 138 valence electrons. The maximum absolute atomic E-state index is 5.52. The zero-order valence-corrected chi connectivity index (χ0v) is 16.3. The predicted octanol–water partition coefficient (Wildman–Crippen LogP) is 4.96. The third-order valence-electron chi connectivity index (χ3n) is 5.33. The van der Waals surface area contributed by atoms with Gasteiger partial charge in [0.2, 0.25) is 5.89 Å². The fourth-order valence-corrected chi connectivity index (χ4v) is 4.76. The molecule has 1 aliphatic heterocycles. The van der Waals surface area contributed by atoms with Gasteiger partial charge >= 0.3 is 0 Å². The first-order chi connectivity index (χ1) is 12.7. The summed E-state index contributed by atoms with van der Waals surface area (Å²) >= 11 is 1.85. The Morgan fingerprint density at radius 3 is 2.81 bits per heavy atom. The van der Waals surface area contributed by atoms with E-state index in [1.54, 1.807) is 0 Å². The van der Waals surface area contributed by atoms with Crippen LogP contribution in [0.5, 0.6) is 0 Å². The molecule has 0 unspecified atom stereocenters. The molecule has 26 heavy (non-hydrogen) atoms. The van der Waals surface area contributed by atoms with E-state index < -0.39 is 0 Å². The van der Waals surface area contributed by atoms with E-state index >= 15 is 0 Å². The summed E-state index contributed by atoms with van der Waals surface area (Å²) in [7, 11) is 0. The fourth-order valence-electron chi connectivity index (χ4n) is 3.63. The van der Waals surface area contributed by atoms with Gasteiger partial charge in [-0.2, -0.15) is 4.98 Å². The summed E-state index contributed by atoms with van der Waals surface area (Å²) in [6.07, 6.45) is 5.45. The lowest BCUT2D eigenvalue weighted by atomic mass is 9.96. The minimum Gasteiger partial charge on any atom is -0.338 e. The average Bonchev–Trinajstić information content (AvgIpc) is 3.33. The molecule has 0 bridgehead atoms. The highest BCUT2D eigenvalue weighted by atomic mass is 32.1. The van der Waals surface area contributed by atoms with E-state index in [0.717, 1.165) is 62.4 Å². The van der Waals surface area contributed by atoms with Crippen molar-refractivity contribution in [2.45, 2.75) is 57.9 Å². The van der Waals surface area contributed by atoms with Gasteiger partial charge < -0.3 is 4.52 Å². The molecular formula is C20H26N4OS. The van der Waals surface area contributed by atoms with Crippen LogP contribution in [-0.2, 0) is 6.42 Å². The number of hydrogen-bond acceptors (Lipinski definition) is 6. The molecule has 0 radical (unpaired) electrons. The second-order valence-electron chi connectivity index (χ2n) is 7.16. The smallest absolute Gasteiger partial charge is 0.243 e. The minimum atomic E-state index is 0.189. The molecular weight excluding hydrogens is 344 g/mol. The van der Waals surface area contributed by atoms with E-state index in [9.17, 15) is 0 Å². The molecule has 0 spiro atoms. The van der Waals surface area contributed by atoms with Gasteiger partial charge in [0, 0.05) is 12.3 Å². The number of nitrogens with zero attached hydrogens (tertiary/aromatic N) is 4. The second kappa shape index (κ2) is 7.84. The van der Waals surface area contributed by atoms with Crippen molar-refractivity contribution in [1.82, 2.24) is 20.0 Å². The van der Waals surface area contributed by atoms with Crippen molar-refractivity contribution in [1.29, 1.82) is 0 Å². The number of aromatic nitrogens is 3. The van der Waals surface area contributed by atoms with E-state index in [1.165, 1.54) is 9.71 Å². The Hall–Kier alpha value is -1.79. The van der Waals surface area contributed by atoms with Crippen LogP contribution in [0.1, 0.15) is 68.2 Å². The van der Waals surface area contributed by atoms with Crippen LogP contribution in [0, 0.1) is 0 Å². The fraction of sp³-hybridized carbons (Fsp3) is 0.550. The first-order valence-electron chi connectivity index (χ1n) is 9.66. The van der Waals surface area contributed by atoms with Crippen molar-refractivity contribution in [3.05, 3.63) is 41.0 Å². The molecule has 0 N–H and O–H groups in total.